The molecule has 1 aliphatic rings. The molecule has 0 saturated carbocycles. The maximum atomic E-state index is 12.0. The van der Waals surface area contributed by atoms with Crippen LogP contribution in [0.2, 0.25) is 0 Å². The SMILES string of the molecule is CSc1ccc(C(=O)N2CCCO2)cc1[N+](=O)[O-]. The lowest BCUT2D eigenvalue weighted by atomic mass is 10.2. The predicted molar refractivity (Wildman–Crippen MR) is 66.5 cm³/mol. The maximum Gasteiger partial charge on any atom is 0.283 e. The van der Waals surface area contributed by atoms with Crippen molar-refractivity contribution in [2.75, 3.05) is 19.4 Å². The maximum absolute atomic E-state index is 12.0. The van der Waals surface area contributed by atoms with Gasteiger partial charge in [-0.1, -0.05) is 0 Å². The zero-order valence-electron chi connectivity index (χ0n) is 9.79. The molecule has 1 heterocycles. The number of nitro benzene ring substituents is 1. The Morgan fingerprint density at radius 2 is 2.33 bits per heavy atom. The predicted octanol–water partition coefficient (Wildman–Crippen LogP) is 2.09. The van der Waals surface area contributed by atoms with Crippen LogP contribution in [0.4, 0.5) is 5.69 Å². The van der Waals surface area contributed by atoms with Crippen LogP contribution in [0, 0.1) is 10.1 Å². The summed E-state index contributed by atoms with van der Waals surface area (Å²) in [5, 5.41) is 12.2. The van der Waals surface area contributed by atoms with E-state index in [1.54, 1.807) is 18.4 Å². The van der Waals surface area contributed by atoms with Crippen LogP contribution < -0.4 is 0 Å². The number of amides is 1. The molecular formula is C11H12N2O4S. The minimum Gasteiger partial charge on any atom is -0.271 e. The largest absolute Gasteiger partial charge is 0.283 e. The van der Waals surface area contributed by atoms with Crippen molar-refractivity contribution in [3.63, 3.8) is 0 Å². The highest BCUT2D eigenvalue weighted by atomic mass is 32.2. The van der Waals surface area contributed by atoms with Crippen molar-refractivity contribution >= 4 is 23.4 Å². The zero-order chi connectivity index (χ0) is 13.1. The van der Waals surface area contributed by atoms with Crippen LogP contribution in [-0.4, -0.2) is 35.3 Å². The summed E-state index contributed by atoms with van der Waals surface area (Å²) < 4.78 is 0. The van der Waals surface area contributed by atoms with Gasteiger partial charge in [-0.25, -0.2) is 5.06 Å². The Morgan fingerprint density at radius 1 is 1.56 bits per heavy atom. The summed E-state index contributed by atoms with van der Waals surface area (Å²) in [7, 11) is 0. The third kappa shape index (κ3) is 2.46. The fraction of sp³-hybridized carbons (Fsp3) is 0.364. The lowest BCUT2D eigenvalue weighted by Gasteiger charge is -2.13. The van der Waals surface area contributed by atoms with Gasteiger partial charge in [-0.05, 0) is 24.8 Å². The Morgan fingerprint density at radius 3 is 2.89 bits per heavy atom. The van der Waals surface area contributed by atoms with Crippen molar-refractivity contribution in [1.82, 2.24) is 5.06 Å². The lowest BCUT2D eigenvalue weighted by Crippen LogP contribution is -2.26. The van der Waals surface area contributed by atoms with Crippen LogP contribution in [0.3, 0.4) is 0 Å². The van der Waals surface area contributed by atoms with E-state index < -0.39 is 4.92 Å². The summed E-state index contributed by atoms with van der Waals surface area (Å²) in [5.41, 5.74) is 0.231. The highest BCUT2D eigenvalue weighted by molar-refractivity contribution is 7.98. The molecule has 1 aliphatic heterocycles. The van der Waals surface area contributed by atoms with Crippen molar-refractivity contribution < 1.29 is 14.6 Å². The second-order valence-electron chi connectivity index (χ2n) is 3.74. The number of hydrogen-bond acceptors (Lipinski definition) is 5. The third-order valence-corrected chi connectivity index (χ3v) is 3.39. The van der Waals surface area contributed by atoms with E-state index in [9.17, 15) is 14.9 Å². The van der Waals surface area contributed by atoms with Crippen molar-refractivity contribution in [3.8, 4) is 0 Å². The van der Waals surface area contributed by atoms with Gasteiger partial charge in [-0.3, -0.25) is 19.7 Å². The minimum atomic E-state index is -0.479. The molecular weight excluding hydrogens is 256 g/mol. The molecule has 1 aromatic carbocycles. The van der Waals surface area contributed by atoms with E-state index in [1.807, 2.05) is 0 Å². The van der Waals surface area contributed by atoms with Gasteiger partial charge in [0.25, 0.3) is 11.6 Å². The van der Waals surface area contributed by atoms with E-state index in [0.717, 1.165) is 6.42 Å². The Balaban J connectivity index is 2.31. The molecule has 7 heteroatoms. The van der Waals surface area contributed by atoms with Crippen molar-refractivity contribution in [2.45, 2.75) is 11.3 Å². The Hall–Kier alpha value is -1.60. The molecule has 18 heavy (non-hydrogen) atoms. The number of carbonyl (C=O) groups excluding carboxylic acids is 1. The van der Waals surface area contributed by atoms with Gasteiger partial charge in [0.15, 0.2) is 0 Å². The van der Waals surface area contributed by atoms with Crippen molar-refractivity contribution in [1.29, 1.82) is 0 Å². The average Bonchev–Trinajstić information content (AvgIpc) is 2.90. The van der Waals surface area contributed by atoms with Gasteiger partial charge in [0.1, 0.15) is 0 Å². The third-order valence-electron chi connectivity index (χ3n) is 2.60. The van der Waals surface area contributed by atoms with Crippen LogP contribution in [-0.2, 0) is 4.84 Å². The molecule has 1 saturated heterocycles. The molecule has 0 spiro atoms. The number of nitrogens with zero attached hydrogens (tertiary/aromatic N) is 2. The molecule has 1 amide bonds. The summed E-state index contributed by atoms with van der Waals surface area (Å²) in [5.74, 6) is -0.330. The minimum absolute atomic E-state index is 0.0486. The number of benzene rings is 1. The van der Waals surface area contributed by atoms with Crippen LogP contribution in [0.1, 0.15) is 16.8 Å². The Kier molecular flexibility index (Phi) is 3.83. The van der Waals surface area contributed by atoms with Gasteiger partial charge in [-0.2, -0.15) is 0 Å². The summed E-state index contributed by atoms with van der Waals surface area (Å²) in [6.07, 6.45) is 2.55. The fourth-order valence-corrected chi connectivity index (χ4v) is 2.26. The van der Waals surface area contributed by atoms with E-state index in [-0.39, 0.29) is 17.2 Å². The number of hydroxylamine groups is 2. The summed E-state index contributed by atoms with van der Waals surface area (Å²) in [4.78, 5) is 28.1. The molecule has 0 radical (unpaired) electrons. The Bertz CT molecular complexity index is 486. The smallest absolute Gasteiger partial charge is 0.271 e. The Labute approximate surface area is 108 Å². The fourth-order valence-electron chi connectivity index (χ4n) is 1.72. The summed E-state index contributed by atoms with van der Waals surface area (Å²) in [6, 6.07) is 4.48. The van der Waals surface area contributed by atoms with Gasteiger partial charge in [0, 0.05) is 11.6 Å². The van der Waals surface area contributed by atoms with Gasteiger partial charge >= 0.3 is 0 Å². The van der Waals surface area contributed by atoms with E-state index in [4.69, 9.17) is 4.84 Å². The van der Waals surface area contributed by atoms with Gasteiger partial charge in [-0.15, -0.1) is 11.8 Å². The van der Waals surface area contributed by atoms with Crippen LogP contribution in [0.25, 0.3) is 0 Å². The average molecular weight is 268 g/mol. The number of hydrogen-bond donors (Lipinski definition) is 0. The highest BCUT2D eigenvalue weighted by Crippen LogP contribution is 2.28. The zero-order valence-corrected chi connectivity index (χ0v) is 10.6. The lowest BCUT2D eigenvalue weighted by molar-refractivity contribution is -0.387. The van der Waals surface area contributed by atoms with E-state index in [2.05, 4.69) is 0 Å². The van der Waals surface area contributed by atoms with E-state index in [1.165, 1.54) is 22.9 Å². The molecule has 1 fully saturated rings. The number of carbonyl (C=O) groups is 1. The van der Waals surface area contributed by atoms with E-state index in [0.29, 0.717) is 18.0 Å². The second-order valence-corrected chi connectivity index (χ2v) is 4.59. The molecule has 0 aliphatic carbocycles. The van der Waals surface area contributed by atoms with E-state index >= 15 is 0 Å². The molecule has 0 bridgehead atoms. The first-order valence-electron chi connectivity index (χ1n) is 5.40. The molecule has 0 aromatic heterocycles. The van der Waals surface area contributed by atoms with Crippen molar-refractivity contribution in [3.05, 3.63) is 33.9 Å². The number of nitro groups is 1. The van der Waals surface area contributed by atoms with Gasteiger partial charge in [0.2, 0.25) is 0 Å². The molecule has 0 N–H and O–H groups in total. The first-order valence-corrected chi connectivity index (χ1v) is 6.63. The standard InChI is InChI=1S/C11H12N2O4S/c1-18-10-4-3-8(7-9(10)13(15)16)11(14)12-5-2-6-17-12/h3-4,7H,2,5-6H2,1H3. The van der Waals surface area contributed by atoms with Gasteiger partial charge in [0.05, 0.1) is 23.0 Å². The highest BCUT2D eigenvalue weighted by Gasteiger charge is 2.23. The molecule has 0 unspecified atom stereocenters. The van der Waals surface area contributed by atoms with Gasteiger partial charge < -0.3 is 0 Å². The first-order chi connectivity index (χ1) is 8.63. The first kappa shape index (κ1) is 12.8. The van der Waals surface area contributed by atoms with Crippen molar-refractivity contribution in [2.24, 2.45) is 0 Å². The number of rotatable bonds is 3. The van der Waals surface area contributed by atoms with Crippen LogP contribution in [0.15, 0.2) is 23.1 Å². The molecule has 96 valence electrons. The number of thioether (sulfide) groups is 1. The quantitative estimate of drug-likeness (QED) is 0.477. The summed E-state index contributed by atoms with van der Waals surface area (Å²) >= 11 is 1.28. The normalized spacial score (nSPS) is 14.8. The summed E-state index contributed by atoms with van der Waals surface area (Å²) in [6.45, 7) is 1.04. The second kappa shape index (κ2) is 5.36. The monoisotopic (exact) mass is 268 g/mol. The van der Waals surface area contributed by atoms with Crippen LogP contribution >= 0.6 is 11.8 Å². The molecule has 2 rings (SSSR count). The molecule has 1 aromatic rings. The molecule has 0 atom stereocenters. The topological polar surface area (TPSA) is 72.7 Å². The van der Waals surface area contributed by atoms with Crippen LogP contribution in [0.5, 0.6) is 0 Å². The molecule has 6 nitrogen and oxygen atoms in total.